The quantitative estimate of drug-likeness (QED) is 0.302. The number of esters is 1. The number of aryl methyl sites for hydroxylation is 2. The van der Waals surface area contributed by atoms with Crippen LogP contribution in [0.3, 0.4) is 0 Å². The number of amides is 3. The van der Waals surface area contributed by atoms with Gasteiger partial charge in [0.2, 0.25) is 17.7 Å². The van der Waals surface area contributed by atoms with Crippen molar-refractivity contribution in [2.45, 2.75) is 33.1 Å². The van der Waals surface area contributed by atoms with E-state index in [-0.39, 0.29) is 48.3 Å². The van der Waals surface area contributed by atoms with Crippen molar-refractivity contribution in [3.8, 4) is 5.75 Å². The van der Waals surface area contributed by atoms with Crippen molar-refractivity contribution in [3.63, 3.8) is 0 Å². The Morgan fingerprint density at radius 3 is 2.26 bits per heavy atom. The van der Waals surface area contributed by atoms with Crippen molar-refractivity contribution in [2.75, 3.05) is 16.3 Å². The number of hydrogen-bond donors (Lipinski definition) is 0. The maximum Gasteiger partial charge on any atom is 0.316 e. The van der Waals surface area contributed by atoms with Gasteiger partial charge in [-0.15, -0.1) is 0 Å². The molecule has 0 saturated carbocycles. The number of imide groups is 1. The Hall–Kier alpha value is -3.74. The first-order valence-corrected chi connectivity index (χ1v) is 11.6. The molecule has 0 radical (unpaired) electrons. The van der Waals surface area contributed by atoms with Gasteiger partial charge in [-0.1, -0.05) is 24.3 Å². The van der Waals surface area contributed by atoms with Gasteiger partial charge in [-0.3, -0.25) is 19.2 Å². The van der Waals surface area contributed by atoms with Gasteiger partial charge < -0.3 is 9.64 Å². The van der Waals surface area contributed by atoms with Crippen molar-refractivity contribution >= 4 is 35.1 Å². The summed E-state index contributed by atoms with van der Waals surface area (Å²) in [5.41, 5.74) is 3.38. The molecule has 3 aliphatic rings. The summed E-state index contributed by atoms with van der Waals surface area (Å²) in [4.78, 5) is 54.0. The van der Waals surface area contributed by atoms with E-state index in [1.165, 1.54) is 11.0 Å². The number of allylic oxidation sites excluding steroid dienone is 2. The van der Waals surface area contributed by atoms with E-state index in [9.17, 15) is 19.2 Å². The molecule has 34 heavy (non-hydrogen) atoms. The Balaban J connectivity index is 1.29. The summed E-state index contributed by atoms with van der Waals surface area (Å²) in [6.07, 6.45) is 5.08. The van der Waals surface area contributed by atoms with Crippen molar-refractivity contribution in [1.82, 2.24) is 0 Å². The predicted octanol–water partition coefficient (Wildman–Crippen LogP) is 3.72. The largest absolute Gasteiger partial charge is 0.426 e. The molecule has 2 saturated heterocycles. The summed E-state index contributed by atoms with van der Waals surface area (Å²) in [5.74, 6) is -2.07. The van der Waals surface area contributed by atoms with Crippen molar-refractivity contribution in [2.24, 2.45) is 17.8 Å². The van der Waals surface area contributed by atoms with Crippen LogP contribution < -0.4 is 14.5 Å². The maximum absolute atomic E-state index is 12.9. The SMILES string of the molecule is Cc1ccc(N2C[C@H](C(=O)Oc3cccc(N4C(=O)[C@H]5CC=CC[C@@H]5C4=O)c3)CC2=O)cc1C. The summed E-state index contributed by atoms with van der Waals surface area (Å²) >= 11 is 0. The Labute approximate surface area is 198 Å². The zero-order valence-electron chi connectivity index (χ0n) is 19.2. The minimum Gasteiger partial charge on any atom is -0.426 e. The molecule has 7 nitrogen and oxygen atoms in total. The van der Waals surface area contributed by atoms with Gasteiger partial charge in [-0.25, -0.2) is 4.90 Å². The molecule has 1 aliphatic carbocycles. The molecule has 3 atom stereocenters. The topological polar surface area (TPSA) is 84.0 Å². The van der Waals surface area contributed by atoms with Crippen LogP contribution in [0.1, 0.15) is 30.4 Å². The van der Waals surface area contributed by atoms with Gasteiger partial charge in [-0.2, -0.15) is 0 Å². The fourth-order valence-corrected chi connectivity index (χ4v) is 4.95. The molecule has 0 bridgehead atoms. The lowest BCUT2D eigenvalue weighted by atomic mass is 9.85. The lowest BCUT2D eigenvalue weighted by Gasteiger charge is -2.18. The van der Waals surface area contributed by atoms with E-state index in [0.717, 1.165) is 16.8 Å². The van der Waals surface area contributed by atoms with Crippen molar-refractivity contribution in [3.05, 3.63) is 65.7 Å². The molecule has 0 spiro atoms. The van der Waals surface area contributed by atoms with Crippen LogP contribution in [0.15, 0.2) is 54.6 Å². The third kappa shape index (κ3) is 3.81. The van der Waals surface area contributed by atoms with E-state index in [1.807, 2.05) is 44.2 Å². The van der Waals surface area contributed by atoms with Crippen LogP contribution in [-0.4, -0.2) is 30.2 Å². The Morgan fingerprint density at radius 2 is 1.59 bits per heavy atom. The standard InChI is InChI=1S/C27H26N2O5/c1-16-10-11-19(12-17(16)2)28-15-18(13-24(28)30)27(33)34-21-7-5-6-20(14-21)29-25(31)22-8-3-4-9-23(22)26(29)32/h3-7,10-12,14,18,22-23H,8-9,13,15H2,1-2H3/t18-,22+,23+/m1/s1. The summed E-state index contributed by atoms with van der Waals surface area (Å²) in [7, 11) is 0. The Kier molecular flexibility index (Phi) is 5.55. The molecule has 2 aliphatic heterocycles. The van der Waals surface area contributed by atoms with Gasteiger partial charge in [0.15, 0.2) is 0 Å². The van der Waals surface area contributed by atoms with Crippen LogP contribution in [0.5, 0.6) is 5.75 Å². The fraction of sp³-hybridized carbons (Fsp3) is 0.333. The van der Waals surface area contributed by atoms with Gasteiger partial charge in [0.1, 0.15) is 5.75 Å². The van der Waals surface area contributed by atoms with E-state index in [4.69, 9.17) is 4.74 Å². The van der Waals surface area contributed by atoms with E-state index in [1.54, 1.807) is 23.1 Å². The van der Waals surface area contributed by atoms with Gasteiger partial charge in [-0.05, 0) is 62.1 Å². The predicted molar refractivity (Wildman–Crippen MR) is 126 cm³/mol. The lowest BCUT2D eigenvalue weighted by molar-refractivity contribution is -0.139. The molecule has 2 aromatic carbocycles. The molecule has 0 unspecified atom stereocenters. The second kappa shape index (κ2) is 8.56. The molecule has 2 aromatic rings. The number of hydrogen-bond acceptors (Lipinski definition) is 5. The molecule has 0 aromatic heterocycles. The van der Waals surface area contributed by atoms with Gasteiger partial charge >= 0.3 is 5.97 Å². The first-order valence-electron chi connectivity index (χ1n) is 11.6. The van der Waals surface area contributed by atoms with Crippen LogP contribution in [0.25, 0.3) is 0 Å². The molecule has 7 heteroatoms. The highest BCUT2D eigenvalue weighted by molar-refractivity contribution is 6.22. The minimum atomic E-state index is -0.596. The number of benzene rings is 2. The highest BCUT2D eigenvalue weighted by Crippen LogP contribution is 2.38. The molecule has 2 fully saturated rings. The van der Waals surface area contributed by atoms with Crippen LogP contribution >= 0.6 is 0 Å². The average Bonchev–Trinajstić information content (AvgIpc) is 3.34. The second-order valence-corrected chi connectivity index (χ2v) is 9.26. The molecule has 3 amide bonds. The summed E-state index contributed by atoms with van der Waals surface area (Å²) < 4.78 is 5.58. The third-order valence-electron chi connectivity index (χ3n) is 7.06. The Morgan fingerprint density at radius 1 is 0.882 bits per heavy atom. The van der Waals surface area contributed by atoms with Crippen LogP contribution in [-0.2, 0) is 19.2 Å². The van der Waals surface area contributed by atoms with E-state index in [2.05, 4.69) is 0 Å². The maximum atomic E-state index is 12.9. The summed E-state index contributed by atoms with van der Waals surface area (Å²) in [6.45, 7) is 4.24. The number of carbonyl (C=O) groups excluding carboxylic acids is 4. The second-order valence-electron chi connectivity index (χ2n) is 9.26. The molecule has 0 N–H and O–H groups in total. The van der Waals surface area contributed by atoms with E-state index < -0.39 is 11.9 Å². The molecule has 174 valence electrons. The van der Waals surface area contributed by atoms with E-state index in [0.29, 0.717) is 18.5 Å². The summed E-state index contributed by atoms with van der Waals surface area (Å²) in [6, 6.07) is 12.3. The average molecular weight is 459 g/mol. The molecular formula is C27H26N2O5. The lowest BCUT2D eigenvalue weighted by Crippen LogP contribution is -2.31. The van der Waals surface area contributed by atoms with Crippen LogP contribution in [0, 0.1) is 31.6 Å². The highest BCUT2D eigenvalue weighted by atomic mass is 16.5. The monoisotopic (exact) mass is 458 g/mol. The molecular weight excluding hydrogens is 432 g/mol. The number of rotatable bonds is 4. The molecule has 5 rings (SSSR count). The number of anilines is 2. The van der Waals surface area contributed by atoms with Crippen LogP contribution in [0.2, 0.25) is 0 Å². The zero-order valence-corrected chi connectivity index (χ0v) is 19.2. The van der Waals surface area contributed by atoms with Gasteiger partial charge in [0.25, 0.3) is 0 Å². The van der Waals surface area contributed by atoms with E-state index >= 15 is 0 Å². The first kappa shape index (κ1) is 22.1. The number of carbonyl (C=O) groups is 4. The third-order valence-corrected chi connectivity index (χ3v) is 7.06. The minimum absolute atomic E-state index is 0.0743. The first-order chi connectivity index (χ1) is 16.3. The zero-order chi connectivity index (χ0) is 24.0. The highest BCUT2D eigenvalue weighted by Gasteiger charge is 2.48. The van der Waals surface area contributed by atoms with Gasteiger partial charge in [0.05, 0.1) is 23.4 Å². The number of ether oxygens (including phenoxy) is 1. The number of fused-ring (bicyclic) bond motifs is 1. The normalized spacial score (nSPS) is 24.1. The van der Waals surface area contributed by atoms with Crippen LogP contribution in [0.4, 0.5) is 11.4 Å². The van der Waals surface area contributed by atoms with Crippen molar-refractivity contribution in [1.29, 1.82) is 0 Å². The smallest absolute Gasteiger partial charge is 0.316 e. The fourth-order valence-electron chi connectivity index (χ4n) is 4.95. The van der Waals surface area contributed by atoms with Crippen molar-refractivity contribution < 1.29 is 23.9 Å². The summed E-state index contributed by atoms with van der Waals surface area (Å²) in [5, 5.41) is 0. The van der Waals surface area contributed by atoms with Gasteiger partial charge in [0, 0.05) is 24.7 Å². The Bertz CT molecular complexity index is 1210. The number of nitrogens with zero attached hydrogens (tertiary/aromatic N) is 2. The molecule has 2 heterocycles.